The molecule has 0 amide bonds. The molecule has 0 aliphatic carbocycles. The number of nitrogens with one attached hydrogen (secondary N) is 2. The molecule has 2 N–H and O–H groups in total. The van der Waals surface area contributed by atoms with E-state index in [1.165, 1.54) is 231 Å². The molecule has 0 saturated carbocycles. The third-order valence-electron chi connectivity index (χ3n) is 19.1. The molecule has 8 nitrogen and oxygen atoms in total. The topological polar surface area (TPSA) is 109 Å². The molecule has 0 radical (unpaired) electrons. The van der Waals surface area contributed by atoms with E-state index in [0.29, 0.717) is 0 Å². The summed E-state index contributed by atoms with van der Waals surface area (Å²) in [5.74, 6) is 4.00. The zero-order valence-electron chi connectivity index (χ0n) is 55.3. The second kappa shape index (κ2) is 34.5. The molecule has 0 spiro atoms. The average molecular weight is 1190 g/mol. The van der Waals surface area contributed by atoms with Crippen LogP contribution in [0.1, 0.15) is 285 Å². The van der Waals surface area contributed by atoms with Gasteiger partial charge in [0.1, 0.15) is 22.6 Å². The van der Waals surface area contributed by atoms with Gasteiger partial charge in [0.25, 0.3) is 0 Å². The Morgan fingerprint density at radius 2 is 0.494 bits per heavy atom. The predicted octanol–water partition coefficient (Wildman–Crippen LogP) is 23.1. The van der Waals surface area contributed by atoms with Crippen molar-refractivity contribution >= 4 is 56.8 Å². The van der Waals surface area contributed by atoms with Crippen molar-refractivity contribution in [2.75, 3.05) is 5.75 Å². The second-order valence-electron chi connectivity index (χ2n) is 26.1. The molecule has 0 unspecified atom stereocenters. The van der Waals surface area contributed by atoms with Crippen molar-refractivity contribution in [1.29, 1.82) is 0 Å². The molecule has 7 aromatic rings. The number of rotatable bonds is 39. The van der Waals surface area contributed by atoms with E-state index in [4.69, 9.17) is 29.9 Å². The van der Waals surface area contributed by atoms with E-state index >= 15 is 0 Å². The van der Waals surface area contributed by atoms with E-state index < -0.39 is 0 Å². The molecule has 5 heterocycles. The number of aromatic amines is 2. The van der Waals surface area contributed by atoms with Gasteiger partial charge in [-0.15, -0.1) is 0 Å². The zero-order chi connectivity index (χ0) is 60.7. The molecule has 4 aromatic carbocycles. The van der Waals surface area contributed by atoms with E-state index in [1.54, 1.807) is 0 Å². The molecule has 9 rings (SSSR count). The van der Waals surface area contributed by atoms with Gasteiger partial charge in [-0.2, -0.15) is 12.6 Å². The molecule has 468 valence electrons. The quantitative estimate of drug-likeness (QED) is 0.0262. The van der Waals surface area contributed by atoms with Gasteiger partial charge in [-0.05, 0) is 153 Å². The SMILES string of the molecule is CCCCCCc1ccc(CCCCCC)c2c1-c1nc-2nc2[nH]c(nc3nc(nc4[nH]c(n1)c1c(CCCCCC)ccc(CCCCCC)c41)-c1c(C)ccc(CCCCCCCCCS)c1-3)c1c(CCCCCC)ccc(CCCCCC)c21. The van der Waals surface area contributed by atoms with Gasteiger partial charge in [-0.3, -0.25) is 0 Å². The lowest BCUT2D eigenvalue weighted by molar-refractivity contribution is 0.591. The van der Waals surface area contributed by atoms with Crippen LogP contribution < -0.4 is 0 Å². The summed E-state index contributed by atoms with van der Waals surface area (Å²) in [5.41, 5.74) is 18.5. The van der Waals surface area contributed by atoms with E-state index in [9.17, 15) is 0 Å². The maximum absolute atomic E-state index is 5.97. The summed E-state index contributed by atoms with van der Waals surface area (Å²) in [4.78, 5) is 43.4. The smallest absolute Gasteiger partial charge is 0.165 e. The van der Waals surface area contributed by atoms with E-state index in [2.05, 4.69) is 120 Å². The Kier molecular flexibility index (Phi) is 26.2. The van der Waals surface area contributed by atoms with Crippen LogP contribution in [0.15, 0.2) is 48.5 Å². The van der Waals surface area contributed by atoms with Crippen LogP contribution in [-0.2, 0) is 44.9 Å². The summed E-state index contributed by atoms with van der Waals surface area (Å²) in [6, 6.07) is 19.3. The van der Waals surface area contributed by atoms with E-state index in [-0.39, 0.29) is 0 Å². The van der Waals surface area contributed by atoms with Gasteiger partial charge in [0.05, 0.1) is 0 Å². The number of benzene rings is 4. The minimum Gasteiger partial charge on any atom is -0.324 e. The summed E-state index contributed by atoms with van der Waals surface area (Å²) in [5, 5.41) is 4.78. The van der Waals surface area contributed by atoms with Crippen LogP contribution in [0.5, 0.6) is 0 Å². The number of nitrogens with zero attached hydrogens (tertiary/aromatic N) is 6. The minimum absolute atomic E-state index is 0.734. The lowest BCUT2D eigenvalue weighted by atomic mass is 9.91. The molecule has 3 aromatic heterocycles. The van der Waals surface area contributed by atoms with Crippen LogP contribution in [0.2, 0.25) is 0 Å². The summed E-state index contributed by atoms with van der Waals surface area (Å²) < 4.78 is 0. The largest absolute Gasteiger partial charge is 0.324 e. The molecule has 0 saturated heterocycles. The summed E-state index contributed by atoms with van der Waals surface area (Å²) in [7, 11) is 0. The molecule has 2 aliphatic heterocycles. The Morgan fingerprint density at radius 1 is 0.264 bits per heavy atom. The van der Waals surface area contributed by atoms with Gasteiger partial charge >= 0.3 is 0 Å². The van der Waals surface area contributed by atoms with Gasteiger partial charge in [0.15, 0.2) is 23.3 Å². The van der Waals surface area contributed by atoms with Gasteiger partial charge in [0, 0.05) is 43.8 Å². The van der Waals surface area contributed by atoms with Crippen LogP contribution in [0.3, 0.4) is 0 Å². The molecule has 0 atom stereocenters. The third kappa shape index (κ3) is 16.7. The Morgan fingerprint density at radius 3 is 0.793 bits per heavy atom. The summed E-state index contributed by atoms with van der Waals surface area (Å²) >= 11 is 4.48. The fourth-order valence-corrected chi connectivity index (χ4v) is 14.4. The van der Waals surface area contributed by atoms with Crippen molar-refractivity contribution in [3.8, 4) is 45.6 Å². The summed E-state index contributed by atoms with van der Waals surface area (Å²) in [6.07, 6.45) is 44.1. The maximum atomic E-state index is 5.97. The molecule has 87 heavy (non-hydrogen) atoms. The maximum Gasteiger partial charge on any atom is 0.165 e. The third-order valence-corrected chi connectivity index (χ3v) is 19.5. The number of thiol groups is 1. The number of H-pyrrole nitrogens is 2. The van der Waals surface area contributed by atoms with E-state index in [1.807, 2.05) is 0 Å². The van der Waals surface area contributed by atoms with Crippen LogP contribution >= 0.6 is 12.6 Å². The van der Waals surface area contributed by atoms with Crippen molar-refractivity contribution < 1.29 is 0 Å². The lowest BCUT2D eigenvalue weighted by Crippen LogP contribution is -1.98. The first-order valence-corrected chi connectivity index (χ1v) is 36.5. The van der Waals surface area contributed by atoms with Gasteiger partial charge in [-0.1, -0.05) is 238 Å². The highest BCUT2D eigenvalue weighted by Crippen LogP contribution is 2.44. The molecular formula is C78H110N8S. The Balaban J connectivity index is 1.42. The lowest BCUT2D eigenvalue weighted by Gasteiger charge is -2.13. The first-order valence-electron chi connectivity index (χ1n) is 35.9. The van der Waals surface area contributed by atoms with Crippen LogP contribution in [0, 0.1) is 6.92 Å². The van der Waals surface area contributed by atoms with Gasteiger partial charge in [0.2, 0.25) is 0 Å². The first-order chi connectivity index (χ1) is 42.8. The number of hydrogen-bond donors (Lipinski definition) is 3. The highest BCUT2D eigenvalue weighted by molar-refractivity contribution is 7.80. The molecule has 9 heteroatoms. The average Bonchev–Trinajstić information content (AvgIpc) is 1.66. The number of fused-ring (bicyclic) bond motifs is 20. The zero-order valence-corrected chi connectivity index (χ0v) is 56.2. The standard InChI is InChI=1S/C78H110N8S/c1-8-14-20-31-39-57-48-49-58(40-32-21-15-9-2)66-65(57)73-80-71-63-55(7)46-47-56(45-37-29-27-26-28-30-38-54-87)64(63)72(79-71)81-74-67-59(41-33-22-16-10-3)50-51-60(42-34-23-17-11-4)68(67)76(83-74)85-78-70-62(44-36-25-19-13-6)53-52-61(43-35-24-18-12-5)69(70)77(86-78)84-75(66)82-73/h46-53,87H,8-45,54H2,1-7H3,(H2,79,80,81,82,83,84,85,86). The van der Waals surface area contributed by atoms with Crippen molar-refractivity contribution in [3.05, 3.63) is 93.0 Å². The normalized spacial score (nSPS) is 12.1. The second-order valence-corrected chi connectivity index (χ2v) is 26.6. The Labute approximate surface area is 530 Å². The number of unbranched alkanes of at least 4 members (excludes halogenated alkanes) is 24. The first kappa shape index (κ1) is 66.0. The van der Waals surface area contributed by atoms with Crippen LogP contribution in [0.25, 0.3) is 89.7 Å². The molecule has 8 bridgehead atoms. The van der Waals surface area contributed by atoms with E-state index in [0.717, 1.165) is 153 Å². The molecular weight excluding hydrogens is 1080 g/mol. The Hall–Kier alpha value is -5.41. The number of aryl methyl sites for hydroxylation is 8. The highest BCUT2D eigenvalue weighted by Gasteiger charge is 2.29. The molecule has 0 fully saturated rings. The van der Waals surface area contributed by atoms with Crippen LogP contribution in [0.4, 0.5) is 0 Å². The monoisotopic (exact) mass is 1190 g/mol. The van der Waals surface area contributed by atoms with Crippen LogP contribution in [-0.4, -0.2) is 45.6 Å². The highest BCUT2D eigenvalue weighted by atomic mass is 32.1. The molecule has 2 aliphatic rings. The van der Waals surface area contributed by atoms with Crippen molar-refractivity contribution in [2.24, 2.45) is 0 Å². The number of aromatic nitrogens is 8. The number of hydrogen-bond acceptors (Lipinski definition) is 7. The fourth-order valence-electron chi connectivity index (χ4n) is 14.2. The van der Waals surface area contributed by atoms with Crippen molar-refractivity contribution in [1.82, 2.24) is 39.9 Å². The van der Waals surface area contributed by atoms with Crippen molar-refractivity contribution in [3.63, 3.8) is 0 Å². The minimum atomic E-state index is 0.734. The van der Waals surface area contributed by atoms with Gasteiger partial charge in [-0.25, -0.2) is 29.9 Å². The van der Waals surface area contributed by atoms with Crippen molar-refractivity contribution in [2.45, 2.75) is 292 Å². The van der Waals surface area contributed by atoms with Gasteiger partial charge < -0.3 is 9.97 Å². The fraction of sp³-hybridized carbons (Fsp3) is 0.590. The summed E-state index contributed by atoms with van der Waals surface area (Å²) in [6.45, 7) is 16.1. The Bertz CT molecular complexity index is 3490. The predicted molar refractivity (Wildman–Crippen MR) is 378 cm³/mol.